The molecule has 2 heterocycles. The summed E-state index contributed by atoms with van der Waals surface area (Å²) in [7, 11) is 0. The molecule has 0 spiro atoms. The summed E-state index contributed by atoms with van der Waals surface area (Å²) in [5.41, 5.74) is 1.71. The third-order valence-electron chi connectivity index (χ3n) is 2.73. The standard InChI is InChI=1S/C10H13BrN2OS/c11-3-1-8-2-4-13(6-8)10(14)9-5-12-7-15-9/h5,7-8H,1-4,6H2. The molecular formula is C10H13BrN2OS. The Morgan fingerprint density at radius 3 is 3.27 bits per heavy atom. The maximum Gasteiger partial charge on any atom is 0.265 e. The predicted molar refractivity (Wildman–Crippen MR) is 64.5 cm³/mol. The van der Waals surface area contributed by atoms with Crippen LogP contribution in [0.1, 0.15) is 22.5 Å². The molecule has 1 amide bonds. The molecule has 82 valence electrons. The van der Waals surface area contributed by atoms with Gasteiger partial charge in [0.1, 0.15) is 4.88 Å². The molecule has 1 aliphatic heterocycles. The normalized spacial score (nSPS) is 20.9. The lowest BCUT2D eigenvalue weighted by Crippen LogP contribution is -2.28. The SMILES string of the molecule is O=C(c1cncs1)N1CCC(CCBr)C1. The van der Waals surface area contributed by atoms with E-state index in [1.807, 2.05) is 4.90 Å². The summed E-state index contributed by atoms with van der Waals surface area (Å²) in [6, 6.07) is 0. The van der Waals surface area contributed by atoms with Crippen LogP contribution in [-0.2, 0) is 0 Å². The minimum absolute atomic E-state index is 0.148. The van der Waals surface area contributed by atoms with Crippen molar-refractivity contribution >= 4 is 33.2 Å². The quantitative estimate of drug-likeness (QED) is 0.800. The van der Waals surface area contributed by atoms with E-state index in [1.165, 1.54) is 11.3 Å². The zero-order chi connectivity index (χ0) is 10.7. The molecular weight excluding hydrogens is 276 g/mol. The summed E-state index contributed by atoms with van der Waals surface area (Å²) in [6.07, 6.45) is 3.95. The van der Waals surface area contributed by atoms with Crippen LogP contribution in [0.15, 0.2) is 11.7 Å². The number of hydrogen-bond acceptors (Lipinski definition) is 3. The van der Waals surface area contributed by atoms with E-state index in [1.54, 1.807) is 11.7 Å². The lowest BCUT2D eigenvalue weighted by molar-refractivity contribution is 0.0791. The predicted octanol–water partition coefficient (Wildman–Crippen LogP) is 2.39. The molecule has 0 aliphatic carbocycles. The van der Waals surface area contributed by atoms with Gasteiger partial charge < -0.3 is 4.90 Å². The number of likely N-dealkylation sites (tertiary alicyclic amines) is 1. The van der Waals surface area contributed by atoms with Crippen LogP contribution < -0.4 is 0 Å². The van der Waals surface area contributed by atoms with Gasteiger partial charge in [-0.2, -0.15) is 0 Å². The van der Waals surface area contributed by atoms with Crippen LogP contribution in [0.5, 0.6) is 0 Å². The van der Waals surface area contributed by atoms with Gasteiger partial charge in [0.25, 0.3) is 5.91 Å². The Bertz CT molecular complexity index is 328. The largest absolute Gasteiger partial charge is 0.338 e. The number of hydrogen-bond donors (Lipinski definition) is 0. The average molecular weight is 289 g/mol. The molecule has 1 unspecified atom stereocenters. The van der Waals surface area contributed by atoms with Crippen molar-refractivity contribution in [2.45, 2.75) is 12.8 Å². The first-order valence-electron chi connectivity index (χ1n) is 5.05. The van der Waals surface area contributed by atoms with E-state index in [9.17, 15) is 4.79 Å². The number of rotatable bonds is 3. The number of aromatic nitrogens is 1. The molecule has 1 aromatic heterocycles. The Hall–Kier alpha value is -0.420. The van der Waals surface area contributed by atoms with Gasteiger partial charge in [-0.25, -0.2) is 0 Å². The summed E-state index contributed by atoms with van der Waals surface area (Å²) in [5.74, 6) is 0.816. The van der Waals surface area contributed by atoms with E-state index in [-0.39, 0.29) is 5.91 Å². The molecule has 0 aromatic carbocycles. The Balaban J connectivity index is 1.93. The number of carbonyl (C=O) groups is 1. The molecule has 15 heavy (non-hydrogen) atoms. The minimum Gasteiger partial charge on any atom is -0.338 e. The van der Waals surface area contributed by atoms with Gasteiger partial charge in [-0.15, -0.1) is 11.3 Å². The summed E-state index contributed by atoms with van der Waals surface area (Å²) in [5, 5.41) is 1.03. The summed E-state index contributed by atoms with van der Waals surface area (Å²) >= 11 is 4.86. The van der Waals surface area contributed by atoms with Crippen LogP contribution in [0.3, 0.4) is 0 Å². The fourth-order valence-corrected chi connectivity index (χ4v) is 3.12. The summed E-state index contributed by atoms with van der Waals surface area (Å²) in [6.45, 7) is 1.80. The van der Waals surface area contributed by atoms with Crippen LogP contribution in [0.2, 0.25) is 0 Å². The van der Waals surface area contributed by atoms with E-state index in [2.05, 4.69) is 20.9 Å². The third kappa shape index (κ3) is 2.58. The number of nitrogens with zero attached hydrogens (tertiary/aromatic N) is 2. The number of carbonyl (C=O) groups excluding carboxylic acids is 1. The topological polar surface area (TPSA) is 33.2 Å². The van der Waals surface area contributed by atoms with E-state index >= 15 is 0 Å². The van der Waals surface area contributed by atoms with Crippen molar-refractivity contribution < 1.29 is 4.79 Å². The highest BCUT2D eigenvalue weighted by atomic mass is 79.9. The lowest BCUT2D eigenvalue weighted by Gasteiger charge is -2.14. The summed E-state index contributed by atoms with van der Waals surface area (Å²) < 4.78 is 0. The lowest BCUT2D eigenvalue weighted by atomic mass is 10.1. The van der Waals surface area contributed by atoms with Gasteiger partial charge in [-0.3, -0.25) is 9.78 Å². The Kier molecular flexibility index (Phi) is 3.75. The van der Waals surface area contributed by atoms with E-state index in [4.69, 9.17) is 0 Å². The Morgan fingerprint density at radius 1 is 1.73 bits per heavy atom. The zero-order valence-electron chi connectivity index (χ0n) is 8.36. The van der Waals surface area contributed by atoms with Crippen molar-refractivity contribution in [2.24, 2.45) is 5.92 Å². The minimum atomic E-state index is 0.148. The first-order chi connectivity index (χ1) is 7.31. The molecule has 5 heteroatoms. The van der Waals surface area contributed by atoms with Crippen LogP contribution in [0.25, 0.3) is 0 Å². The smallest absolute Gasteiger partial charge is 0.265 e. The second-order valence-electron chi connectivity index (χ2n) is 3.75. The average Bonchev–Trinajstić information content (AvgIpc) is 2.87. The first kappa shape index (κ1) is 11.1. The molecule has 1 saturated heterocycles. The number of halogens is 1. The fraction of sp³-hybridized carbons (Fsp3) is 0.600. The van der Waals surface area contributed by atoms with Gasteiger partial charge in [0.15, 0.2) is 0 Å². The molecule has 1 fully saturated rings. The third-order valence-corrected chi connectivity index (χ3v) is 3.95. The van der Waals surface area contributed by atoms with Gasteiger partial charge >= 0.3 is 0 Å². The van der Waals surface area contributed by atoms with E-state index in [0.29, 0.717) is 5.92 Å². The van der Waals surface area contributed by atoms with Crippen molar-refractivity contribution in [3.8, 4) is 0 Å². The molecule has 0 saturated carbocycles. The van der Waals surface area contributed by atoms with E-state index in [0.717, 1.165) is 36.1 Å². The van der Waals surface area contributed by atoms with Gasteiger partial charge in [0.2, 0.25) is 0 Å². The molecule has 1 atom stereocenters. The summed E-state index contributed by atoms with van der Waals surface area (Å²) in [4.78, 5) is 18.6. The van der Waals surface area contributed by atoms with Crippen LogP contribution in [0, 0.1) is 5.92 Å². The zero-order valence-corrected chi connectivity index (χ0v) is 10.8. The van der Waals surface area contributed by atoms with Crippen molar-refractivity contribution in [3.05, 3.63) is 16.6 Å². The van der Waals surface area contributed by atoms with Crippen molar-refractivity contribution in [3.63, 3.8) is 0 Å². The van der Waals surface area contributed by atoms with Gasteiger partial charge in [-0.05, 0) is 18.8 Å². The maximum atomic E-state index is 11.9. The van der Waals surface area contributed by atoms with E-state index < -0.39 is 0 Å². The van der Waals surface area contributed by atoms with Crippen LogP contribution in [0.4, 0.5) is 0 Å². The number of amides is 1. The van der Waals surface area contributed by atoms with Crippen molar-refractivity contribution in [1.29, 1.82) is 0 Å². The molecule has 0 N–H and O–H groups in total. The molecule has 2 rings (SSSR count). The first-order valence-corrected chi connectivity index (χ1v) is 7.05. The highest BCUT2D eigenvalue weighted by Gasteiger charge is 2.26. The second-order valence-corrected chi connectivity index (χ2v) is 5.43. The molecule has 3 nitrogen and oxygen atoms in total. The Labute approximate surface area is 102 Å². The van der Waals surface area contributed by atoms with Gasteiger partial charge in [0, 0.05) is 18.4 Å². The fourth-order valence-electron chi connectivity index (χ4n) is 1.88. The molecule has 0 bridgehead atoms. The van der Waals surface area contributed by atoms with Crippen LogP contribution in [-0.4, -0.2) is 34.2 Å². The van der Waals surface area contributed by atoms with Crippen molar-refractivity contribution in [1.82, 2.24) is 9.88 Å². The highest BCUT2D eigenvalue weighted by Crippen LogP contribution is 2.22. The highest BCUT2D eigenvalue weighted by molar-refractivity contribution is 9.09. The van der Waals surface area contributed by atoms with Gasteiger partial charge in [-0.1, -0.05) is 15.9 Å². The van der Waals surface area contributed by atoms with Crippen molar-refractivity contribution in [2.75, 3.05) is 18.4 Å². The number of alkyl halides is 1. The second kappa shape index (κ2) is 5.07. The maximum absolute atomic E-state index is 11.9. The van der Waals surface area contributed by atoms with Gasteiger partial charge in [0.05, 0.1) is 11.7 Å². The number of thiazole rings is 1. The molecule has 1 aliphatic rings. The monoisotopic (exact) mass is 288 g/mol. The Morgan fingerprint density at radius 2 is 2.60 bits per heavy atom. The molecule has 0 radical (unpaired) electrons. The van der Waals surface area contributed by atoms with Crippen LogP contribution >= 0.6 is 27.3 Å². The molecule has 1 aromatic rings.